The van der Waals surface area contributed by atoms with Crippen LogP contribution in [0.3, 0.4) is 0 Å². The maximum absolute atomic E-state index is 4.30. The van der Waals surface area contributed by atoms with Gasteiger partial charge >= 0.3 is 0 Å². The van der Waals surface area contributed by atoms with Gasteiger partial charge in [-0.2, -0.15) is 0 Å². The number of aromatic nitrogens is 3. The summed E-state index contributed by atoms with van der Waals surface area (Å²) in [4.78, 5) is 0. The number of hydrogen-bond donors (Lipinski definition) is 1. The number of nitrogens with zero attached hydrogens (tertiary/aromatic N) is 3. The number of fused-ring (bicyclic) bond motifs is 1. The summed E-state index contributed by atoms with van der Waals surface area (Å²) in [6, 6.07) is 6.94. The Bertz CT molecular complexity index is 633. The first-order valence-electron chi connectivity index (χ1n) is 6.98. The summed E-state index contributed by atoms with van der Waals surface area (Å²) in [5.74, 6) is 2.35. The summed E-state index contributed by atoms with van der Waals surface area (Å²) in [5, 5.41) is 9.52. The SMILES string of the molecule is Cc1ccc(C)c(C2CSc3nnc(C(C)C)n3N2)c1. The lowest BCUT2D eigenvalue weighted by molar-refractivity contribution is 0.610. The van der Waals surface area contributed by atoms with E-state index in [-0.39, 0.29) is 0 Å². The van der Waals surface area contributed by atoms with E-state index in [1.54, 1.807) is 11.8 Å². The number of benzene rings is 1. The molecule has 1 aromatic heterocycles. The van der Waals surface area contributed by atoms with Crippen LogP contribution in [0.1, 0.15) is 48.3 Å². The van der Waals surface area contributed by atoms with Crippen LogP contribution in [0.25, 0.3) is 0 Å². The summed E-state index contributed by atoms with van der Waals surface area (Å²) >= 11 is 1.77. The highest BCUT2D eigenvalue weighted by atomic mass is 32.2. The lowest BCUT2D eigenvalue weighted by Gasteiger charge is -2.28. The van der Waals surface area contributed by atoms with E-state index in [9.17, 15) is 0 Å². The van der Waals surface area contributed by atoms with Gasteiger partial charge in [-0.3, -0.25) is 0 Å². The van der Waals surface area contributed by atoms with Gasteiger partial charge < -0.3 is 5.43 Å². The second-order valence-corrected chi connectivity index (χ2v) is 6.67. The fourth-order valence-corrected chi connectivity index (χ4v) is 3.46. The van der Waals surface area contributed by atoms with Crippen molar-refractivity contribution in [2.75, 3.05) is 11.2 Å². The zero-order valence-electron chi connectivity index (χ0n) is 12.3. The first-order chi connectivity index (χ1) is 9.56. The Morgan fingerprint density at radius 3 is 2.85 bits per heavy atom. The second-order valence-electron chi connectivity index (χ2n) is 5.68. The zero-order chi connectivity index (χ0) is 14.3. The summed E-state index contributed by atoms with van der Waals surface area (Å²) in [5.41, 5.74) is 7.58. The molecule has 2 aromatic rings. The Kier molecular flexibility index (Phi) is 3.46. The quantitative estimate of drug-likeness (QED) is 0.919. The highest BCUT2D eigenvalue weighted by Crippen LogP contribution is 2.32. The average Bonchev–Trinajstić information content (AvgIpc) is 2.84. The normalized spacial score (nSPS) is 17.9. The maximum Gasteiger partial charge on any atom is 0.210 e. The van der Waals surface area contributed by atoms with Crippen molar-refractivity contribution in [3.63, 3.8) is 0 Å². The van der Waals surface area contributed by atoms with Crippen LogP contribution in [-0.4, -0.2) is 20.6 Å². The number of rotatable bonds is 2. The van der Waals surface area contributed by atoms with E-state index in [2.05, 4.69) is 66.2 Å². The molecule has 4 nitrogen and oxygen atoms in total. The number of hydrogen-bond acceptors (Lipinski definition) is 4. The molecule has 0 spiro atoms. The van der Waals surface area contributed by atoms with E-state index in [1.807, 2.05) is 0 Å². The molecule has 1 unspecified atom stereocenters. The first kappa shape index (κ1) is 13.5. The molecule has 1 aromatic carbocycles. The predicted octanol–water partition coefficient (Wildman–Crippen LogP) is 3.41. The van der Waals surface area contributed by atoms with E-state index < -0.39 is 0 Å². The Morgan fingerprint density at radius 2 is 2.10 bits per heavy atom. The lowest BCUT2D eigenvalue weighted by Crippen LogP contribution is -2.30. The number of aryl methyl sites for hydroxylation is 2. The van der Waals surface area contributed by atoms with Gasteiger partial charge in [0.15, 0.2) is 5.82 Å². The van der Waals surface area contributed by atoms with Crippen molar-refractivity contribution in [1.29, 1.82) is 0 Å². The molecule has 5 heteroatoms. The van der Waals surface area contributed by atoms with Gasteiger partial charge in [-0.15, -0.1) is 10.2 Å². The molecule has 1 aliphatic heterocycles. The Morgan fingerprint density at radius 1 is 1.30 bits per heavy atom. The second kappa shape index (κ2) is 5.13. The van der Waals surface area contributed by atoms with Crippen molar-refractivity contribution in [3.05, 3.63) is 40.7 Å². The van der Waals surface area contributed by atoms with Crippen LogP contribution >= 0.6 is 11.8 Å². The van der Waals surface area contributed by atoms with E-state index in [4.69, 9.17) is 0 Å². The molecule has 20 heavy (non-hydrogen) atoms. The number of nitrogens with one attached hydrogen (secondary N) is 1. The van der Waals surface area contributed by atoms with Crippen LogP contribution in [0.5, 0.6) is 0 Å². The fourth-order valence-electron chi connectivity index (χ4n) is 2.52. The monoisotopic (exact) mass is 288 g/mol. The van der Waals surface area contributed by atoms with Crippen molar-refractivity contribution in [2.45, 2.75) is 44.8 Å². The molecule has 0 bridgehead atoms. The number of thioether (sulfide) groups is 1. The van der Waals surface area contributed by atoms with Gasteiger partial charge in [-0.1, -0.05) is 49.4 Å². The van der Waals surface area contributed by atoms with Crippen LogP contribution in [0.15, 0.2) is 23.4 Å². The molecule has 0 saturated carbocycles. The van der Waals surface area contributed by atoms with Crippen LogP contribution < -0.4 is 5.43 Å². The minimum Gasteiger partial charge on any atom is -0.314 e. The standard InChI is InChI=1S/C15H20N4S/c1-9(2)14-16-17-15-19(14)18-13(8-20-15)12-7-10(3)5-6-11(12)4/h5-7,9,13,18H,8H2,1-4H3. The van der Waals surface area contributed by atoms with Gasteiger partial charge in [0.05, 0.1) is 6.04 Å². The molecular formula is C15H20N4S. The van der Waals surface area contributed by atoms with Crippen molar-refractivity contribution in [2.24, 2.45) is 0 Å². The van der Waals surface area contributed by atoms with Gasteiger partial charge in [0, 0.05) is 11.7 Å². The lowest BCUT2D eigenvalue weighted by atomic mass is 10.0. The Hall–Kier alpha value is -1.49. The van der Waals surface area contributed by atoms with E-state index in [1.165, 1.54) is 16.7 Å². The molecule has 0 aliphatic carbocycles. The summed E-state index contributed by atoms with van der Waals surface area (Å²) in [6.07, 6.45) is 0. The molecular weight excluding hydrogens is 268 g/mol. The van der Waals surface area contributed by atoms with E-state index >= 15 is 0 Å². The predicted molar refractivity (Wildman–Crippen MR) is 82.9 cm³/mol. The minimum atomic E-state index is 0.306. The molecule has 106 valence electrons. The summed E-state index contributed by atoms with van der Waals surface area (Å²) in [7, 11) is 0. The highest BCUT2D eigenvalue weighted by Gasteiger charge is 2.25. The first-order valence-corrected chi connectivity index (χ1v) is 7.96. The molecule has 0 saturated heterocycles. The van der Waals surface area contributed by atoms with Crippen molar-refractivity contribution in [3.8, 4) is 0 Å². The van der Waals surface area contributed by atoms with Crippen LogP contribution in [0.4, 0.5) is 0 Å². The van der Waals surface area contributed by atoms with Gasteiger partial charge in [0.1, 0.15) is 0 Å². The van der Waals surface area contributed by atoms with Crippen molar-refractivity contribution < 1.29 is 0 Å². The third kappa shape index (κ3) is 2.30. The minimum absolute atomic E-state index is 0.306. The average molecular weight is 288 g/mol. The molecule has 0 radical (unpaired) electrons. The largest absolute Gasteiger partial charge is 0.314 e. The van der Waals surface area contributed by atoms with Crippen LogP contribution in [0, 0.1) is 13.8 Å². The van der Waals surface area contributed by atoms with Gasteiger partial charge in [-0.25, -0.2) is 4.68 Å². The van der Waals surface area contributed by atoms with Crippen molar-refractivity contribution >= 4 is 11.8 Å². The van der Waals surface area contributed by atoms with Crippen LogP contribution in [-0.2, 0) is 0 Å². The van der Waals surface area contributed by atoms with E-state index in [0.29, 0.717) is 12.0 Å². The zero-order valence-corrected chi connectivity index (χ0v) is 13.2. The molecule has 2 heterocycles. The third-order valence-electron chi connectivity index (χ3n) is 3.65. The molecule has 1 N–H and O–H groups in total. The van der Waals surface area contributed by atoms with Gasteiger partial charge in [0.2, 0.25) is 5.16 Å². The Labute approximate surface area is 124 Å². The van der Waals surface area contributed by atoms with E-state index in [0.717, 1.165) is 16.7 Å². The van der Waals surface area contributed by atoms with Gasteiger partial charge in [0.25, 0.3) is 0 Å². The molecule has 0 fully saturated rings. The third-order valence-corrected chi connectivity index (χ3v) is 4.67. The summed E-state index contributed by atoms with van der Waals surface area (Å²) < 4.78 is 2.06. The smallest absolute Gasteiger partial charge is 0.210 e. The van der Waals surface area contributed by atoms with Crippen molar-refractivity contribution in [1.82, 2.24) is 14.9 Å². The Balaban J connectivity index is 1.95. The molecule has 0 amide bonds. The van der Waals surface area contributed by atoms with Crippen LogP contribution in [0.2, 0.25) is 0 Å². The fraction of sp³-hybridized carbons (Fsp3) is 0.467. The molecule has 3 rings (SSSR count). The molecule has 1 aliphatic rings. The summed E-state index contributed by atoms with van der Waals surface area (Å²) in [6.45, 7) is 8.60. The highest BCUT2D eigenvalue weighted by molar-refractivity contribution is 7.99. The topological polar surface area (TPSA) is 42.7 Å². The molecule has 1 atom stereocenters. The maximum atomic E-state index is 4.30. The van der Waals surface area contributed by atoms with Gasteiger partial charge in [-0.05, 0) is 25.0 Å².